The van der Waals surface area contributed by atoms with Gasteiger partial charge in [0.05, 0.1) is 24.8 Å². The number of benzene rings is 2. The molecule has 3 heterocycles. The molecular weight excluding hydrogens is 384 g/mol. The second-order valence-corrected chi connectivity index (χ2v) is 7.69. The predicted molar refractivity (Wildman–Crippen MR) is 110 cm³/mol. The Bertz CT molecular complexity index is 976. The summed E-state index contributed by atoms with van der Waals surface area (Å²) in [5.41, 5.74) is 1.69. The molecule has 2 amide bonds. The van der Waals surface area contributed by atoms with Gasteiger partial charge in [-0.15, -0.1) is 0 Å². The van der Waals surface area contributed by atoms with E-state index >= 15 is 0 Å². The fourth-order valence-electron chi connectivity index (χ4n) is 4.40. The van der Waals surface area contributed by atoms with E-state index in [0.29, 0.717) is 37.8 Å². The summed E-state index contributed by atoms with van der Waals surface area (Å²) in [6, 6.07) is 13.2. The summed E-state index contributed by atoms with van der Waals surface area (Å²) in [4.78, 5) is 29.4. The first-order chi connectivity index (χ1) is 14.7. The number of fused-ring (bicyclic) bond motifs is 2. The maximum atomic E-state index is 13.3. The van der Waals surface area contributed by atoms with Crippen LogP contribution < -0.4 is 19.1 Å². The van der Waals surface area contributed by atoms with Gasteiger partial charge < -0.3 is 19.1 Å². The van der Waals surface area contributed by atoms with Gasteiger partial charge in [0.25, 0.3) is 0 Å². The van der Waals surface area contributed by atoms with Crippen LogP contribution in [-0.2, 0) is 9.59 Å². The molecule has 1 saturated heterocycles. The van der Waals surface area contributed by atoms with Crippen LogP contribution in [0.4, 0.5) is 5.69 Å². The van der Waals surface area contributed by atoms with Crippen molar-refractivity contribution < 1.29 is 23.8 Å². The van der Waals surface area contributed by atoms with E-state index in [0.717, 1.165) is 29.9 Å². The number of carbonyl (C=O) groups is 2. The topological polar surface area (TPSA) is 68.3 Å². The van der Waals surface area contributed by atoms with Crippen LogP contribution in [0.5, 0.6) is 17.2 Å². The molecule has 0 aliphatic carbocycles. The summed E-state index contributed by atoms with van der Waals surface area (Å²) >= 11 is 0. The summed E-state index contributed by atoms with van der Waals surface area (Å²) in [6.07, 6.45) is 2.07. The van der Waals surface area contributed by atoms with Crippen molar-refractivity contribution >= 4 is 17.5 Å². The third-order valence-electron chi connectivity index (χ3n) is 5.85. The monoisotopic (exact) mass is 408 g/mol. The predicted octanol–water partition coefficient (Wildman–Crippen LogP) is 2.94. The van der Waals surface area contributed by atoms with Crippen LogP contribution in [-0.4, -0.2) is 49.6 Å². The van der Waals surface area contributed by atoms with Crippen molar-refractivity contribution in [2.24, 2.45) is 0 Å². The molecule has 7 nitrogen and oxygen atoms in total. The minimum Gasteiger partial charge on any atom is -0.491 e. The first kappa shape index (κ1) is 18.8. The SMILES string of the molecule is O=C1CCOc2ccccc2N1CC(=O)N1CCC[C@@H]1c1ccc2c(c1)OCCO2. The summed E-state index contributed by atoms with van der Waals surface area (Å²) in [7, 11) is 0. The Morgan fingerprint density at radius 2 is 1.77 bits per heavy atom. The molecule has 7 heteroatoms. The van der Waals surface area contributed by atoms with E-state index < -0.39 is 0 Å². The fraction of sp³-hybridized carbons (Fsp3) is 0.391. The maximum Gasteiger partial charge on any atom is 0.243 e. The molecule has 5 rings (SSSR count). The van der Waals surface area contributed by atoms with E-state index in [2.05, 4.69) is 0 Å². The van der Waals surface area contributed by atoms with Crippen LogP contribution in [0.3, 0.4) is 0 Å². The molecule has 0 saturated carbocycles. The molecule has 30 heavy (non-hydrogen) atoms. The van der Waals surface area contributed by atoms with Gasteiger partial charge in [-0.05, 0) is 42.7 Å². The van der Waals surface area contributed by atoms with Crippen molar-refractivity contribution in [1.29, 1.82) is 0 Å². The highest BCUT2D eigenvalue weighted by molar-refractivity contribution is 6.00. The molecule has 0 spiro atoms. The van der Waals surface area contributed by atoms with Gasteiger partial charge in [-0.1, -0.05) is 18.2 Å². The molecule has 0 N–H and O–H groups in total. The summed E-state index contributed by atoms with van der Waals surface area (Å²) < 4.78 is 17.0. The van der Waals surface area contributed by atoms with Gasteiger partial charge in [0.1, 0.15) is 25.5 Å². The Kier molecular flexibility index (Phi) is 4.94. The zero-order valence-corrected chi connectivity index (χ0v) is 16.7. The molecule has 2 aromatic rings. The second-order valence-electron chi connectivity index (χ2n) is 7.69. The summed E-state index contributed by atoms with van der Waals surface area (Å²) in [6.45, 7) is 2.10. The lowest BCUT2D eigenvalue weighted by molar-refractivity contribution is -0.132. The Morgan fingerprint density at radius 1 is 0.967 bits per heavy atom. The third-order valence-corrected chi connectivity index (χ3v) is 5.85. The lowest BCUT2D eigenvalue weighted by atomic mass is 10.0. The normalized spacial score (nSPS) is 20.4. The maximum absolute atomic E-state index is 13.3. The summed E-state index contributed by atoms with van der Waals surface area (Å²) in [5.74, 6) is 1.96. The average Bonchev–Trinajstić information content (AvgIpc) is 3.22. The lowest BCUT2D eigenvalue weighted by Crippen LogP contribution is -2.42. The van der Waals surface area contributed by atoms with Crippen molar-refractivity contribution in [1.82, 2.24) is 4.90 Å². The molecule has 3 aliphatic rings. The first-order valence-electron chi connectivity index (χ1n) is 10.4. The van der Waals surface area contributed by atoms with Gasteiger partial charge >= 0.3 is 0 Å². The standard InChI is InChI=1S/C23H24N2O5/c26-22-9-11-28-19-6-2-1-4-18(19)25(22)15-23(27)24-10-3-5-17(24)16-7-8-20-21(14-16)30-13-12-29-20/h1-2,4,6-8,14,17H,3,5,9-13,15H2/t17-/m1/s1. The van der Waals surface area contributed by atoms with E-state index in [4.69, 9.17) is 14.2 Å². The molecular formula is C23H24N2O5. The zero-order chi connectivity index (χ0) is 20.5. The van der Waals surface area contributed by atoms with Gasteiger partial charge in [-0.2, -0.15) is 0 Å². The van der Waals surface area contributed by atoms with Gasteiger partial charge in [0, 0.05) is 6.54 Å². The Labute approximate surface area is 175 Å². The highest BCUT2D eigenvalue weighted by Crippen LogP contribution is 2.38. The molecule has 0 unspecified atom stereocenters. The van der Waals surface area contributed by atoms with Gasteiger partial charge in [-0.3, -0.25) is 14.5 Å². The minimum atomic E-state index is -0.0941. The van der Waals surface area contributed by atoms with Crippen molar-refractivity contribution in [2.45, 2.75) is 25.3 Å². The molecule has 1 fully saturated rings. The van der Waals surface area contributed by atoms with E-state index in [9.17, 15) is 9.59 Å². The highest BCUT2D eigenvalue weighted by Gasteiger charge is 2.33. The van der Waals surface area contributed by atoms with Crippen molar-refractivity contribution in [3.63, 3.8) is 0 Å². The molecule has 2 aromatic carbocycles. The number of hydrogen-bond acceptors (Lipinski definition) is 5. The van der Waals surface area contributed by atoms with Gasteiger partial charge in [0.15, 0.2) is 11.5 Å². The molecule has 156 valence electrons. The smallest absolute Gasteiger partial charge is 0.243 e. The number of rotatable bonds is 3. The van der Waals surface area contributed by atoms with Crippen LogP contribution in [0.25, 0.3) is 0 Å². The Hall–Kier alpha value is -3.22. The van der Waals surface area contributed by atoms with E-state index in [1.54, 1.807) is 4.90 Å². The number of hydrogen-bond donors (Lipinski definition) is 0. The average molecular weight is 408 g/mol. The molecule has 1 atom stereocenters. The summed E-state index contributed by atoms with van der Waals surface area (Å²) in [5, 5.41) is 0. The van der Waals surface area contributed by atoms with E-state index in [1.165, 1.54) is 0 Å². The zero-order valence-electron chi connectivity index (χ0n) is 16.7. The Morgan fingerprint density at radius 3 is 2.67 bits per heavy atom. The van der Waals surface area contributed by atoms with Gasteiger partial charge in [-0.25, -0.2) is 0 Å². The van der Waals surface area contributed by atoms with Crippen LogP contribution in [0.2, 0.25) is 0 Å². The fourth-order valence-corrected chi connectivity index (χ4v) is 4.40. The third kappa shape index (κ3) is 3.44. The lowest BCUT2D eigenvalue weighted by Gasteiger charge is -2.29. The van der Waals surface area contributed by atoms with Crippen LogP contribution in [0, 0.1) is 0 Å². The van der Waals surface area contributed by atoms with Crippen LogP contribution >= 0.6 is 0 Å². The van der Waals surface area contributed by atoms with Crippen LogP contribution in [0.1, 0.15) is 30.9 Å². The van der Waals surface area contributed by atoms with Crippen LogP contribution in [0.15, 0.2) is 42.5 Å². The number of likely N-dealkylation sites (tertiary alicyclic amines) is 1. The molecule has 0 aromatic heterocycles. The molecule has 0 radical (unpaired) electrons. The van der Waals surface area contributed by atoms with Crippen molar-refractivity contribution in [2.75, 3.05) is 37.8 Å². The number of nitrogens with zero attached hydrogens (tertiary/aromatic N) is 2. The number of para-hydroxylation sites is 2. The second kappa shape index (κ2) is 7.89. The Balaban J connectivity index is 1.37. The van der Waals surface area contributed by atoms with E-state index in [-0.39, 0.29) is 30.8 Å². The number of amides is 2. The van der Waals surface area contributed by atoms with Crippen molar-refractivity contribution in [3.05, 3.63) is 48.0 Å². The highest BCUT2D eigenvalue weighted by atomic mass is 16.6. The van der Waals surface area contributed by atoms with Crippen molar-refractivity contribution in [3.8, 4) is 17.2 Å². The molecule has 0 bridgehead atoms. The van der Waals surface area contributed by atoms with E-state index in [1.807, 2.05) is 47.4 Å². The largest absolute Gasteiger partial charge is 0.491 e. The number of ether oxygens (including phenoxy) is 3. The molecule has 3 aliphatic heterocycles. The minimum absolute atomic E-state index is 0.0141. The number of carbonyl (C=O) groups excluding carboxylic acids is 2. The quantitative estimate of drug-likeness (QED) is 0.781. The first-order valence-corrected chi connectivity index (χ1v) is 10.4. The van der Waals surface area contributed by atoms with Gasteiger partial charge in [0.2, 0.25) is 11.8 Å². The number of anilines is 1.